The highest BCUT2D eigenvalue weighted by Gasteiger charge is 2.18. The minimum absolute atomic E-state index is 0.387. The Bertz CT molecular complexity index is 742. The molecule has 2 nitrogen and oxygen atoms in total. The van der Waals surface area contributed by atoms with Crippen LogP contribution in [0.2, 0.25) is 0 Å². The van der Waals surface area contributed by atoms with Gasteiger partial charge in [0.15, 0.2) is 0 Å². The van der Waals surface area contributed by atoms with E-state index in [9.17, 15) is 9.90 Å². The molecule has 0 amide bonds. The Morgan fingerprint density at radius 1 is 1.00 bits per heavy atom. The first-order chi connectivity index (χ1) is 12.7. The molecule has 3 rings (SSSR count). The van der Waals surface area contributed by atoms with Crippen molar-refractivity contribution in [3.8, 4) is 11.1 Å². The van der Waals surface area contributed by atoms with Gasteiger partial charge in [-0.15, -0.1) is 0 Å². The fourth-order valence-corrected chi connectivity index (χ4v) is 4.21. The van der Waals surface area contributed by atoms with E-state index >= 15 is 0 Å². The summed E-state index contributed by atoms with van der Waals surface area (Å²) in [6, 6.07) is 14.3. The lowest BCUT2D eigenvalue weighted by Gasteiger charge is -2.23. The van der Waals surface area contributed by atoms with Crippen molar-refractivity contribution in [3.05, 3.63) is 59.2 Å². The molecule has 0 heterocycles. The van der Waals surface area contributed by atoms with Crippen molar-refractivity contribution in [2.24, 2.45) is 5.92 Å². The third-order valence-electron chi connectivity index (χ3n) is 5.70. The standard InChI is InChI=1S/C24H30O2/c1-2-3-11-19-12-7-8-13-22(19)23-17-21(24(25)26)15-14-20(23)16-18-9-5-4-6-10-18/h7-8,12-15,17-18H,2-6,9-11,16H2,1H3,(H,25,26). The number of aromatic carboxylic acids is 1. The topological polar surface area (TPSA) is 37.3 Å². The molecule has 0 saturated heterocycles. The molecule has 2 aromatic rings. The molecule has 1 aliphatic carbocycles. The molecule has 0 bridgehead atoms. The van der Waals surface area contributed by atoms with Gasteiger partial charge in [-0.2, -0.15) is 0 Å². The number of benzene rings is 2. The summed E-state index contributed by atoms with van der Waals surface area (Å²) in [7, 11) is 0. The summed E-state index contributed by atoms with van der Waals surface area (Å²) in [4.78, 5) is 11.5. The van der Waals surface area contributed by atoms with Gasteiger partial charge >= 0.3 is 5.97 Å². The van der Waals surface area contributed by atoms with Crippen molar-refractivity contribution in [1.29, 1.82) is 0 Å². The Labute approximate surface area is 157 Å². The molecular weight excluding hydrogens is 320 g/mol. The first-order valence-electron chi connectivity index (χ1n) is 10.1. The van der Waals surface area contributed by atoms with E-state index in [4.69, 9.17) is 0 Å². The zero-order chi connectivity index (χ0) is 18.4. The fourth-order valence-electron chi connectivity index (χ4n) is 4.21. The summed E-state index contributed by atoms with van der Waals surface area (Å²) in [6.45, 7) is 2.21. The molecular formula is C24H30O2. The average Bonchev–Trinajstić information content (AvgIpc) is 2.67. The molecule has 1 N–H and O–H groups in total. The van der Waals surface area contributed by atoms with Crippen LogP contribution >= 0.6 is 0 Å². The largest absolute Gasteiger partial charge is 0.478 e. The Morgan fingerprint density at radius 3 is 2.50 bits per heavy atom. The Balaban J connectivity index is 2.00. The fraction of sp³-hybridized carbons (Fsp3) is 0.458. The van der Waals surface area contributed by atoms with Crippen molar-refractivity contribution in [2.75, 3.05) is 0 Å². The number of unbranched alkanes of at least 4 members (excludes halogenated alkanes) is 1. The summed E-state index contributed by atoms with van der Waals surface area (Å²) < 4.78 is 0. The third-order valence-corrected chi connectivity index (χ3v) is 5.70. The number of hydrogen-bond donors (Lipinski definition) is 1. The summed E-state index contributed by atoms with van der Waals surface area (Å²) >= 11 is 0. The highest BCUT2D eigenvalue weighted by molar-refractivity contribution is 5.90. The van der Waals surface area contributed by atoms with Gasteiger partial charge in [0.1, 0.15) is 0 Å². The highest BCUT2D eigenvalue weighted by atomic mass is 16.4. The van der Waals surface area contributed by atoms with E-state index in [1.807, 2.05) is 6.07 Å². The molecule has 2 aromatic carbocycles. The molecule has 0 aliphatic heterocycles. The summed E-state index contributed by atoms with van der Waals surface area (Å²) in [5.74, 6) is -0.109. The maximum absolute atomic E-state index is 11.5. The van der Waals surface area contributed by atoms with Crippen LogP contribution in [0.4, 0.5) is 0 Å². The van der Waals surface area contributed by atoms with Crippen LogP contribution in [-0.4, -0.2) is 11.1 Å². The first kappa shape index (κ1) is 18.7. The average molecular weight is 351 g/mol. The van der Waals surface area contributed by atoms with Gasteiger partial charge in [0.2, 0.25) is 0 Å². The summed E-state index contributed by atoms with van der Waals surface area (Å²) in [6.07, 6.45) is 11.1. The van der Waals surface area contributed by atoms with Crippen molar-refractivity contribution >= 4 is 5.97 Å². The Kier molecular flexibility index (Phi) is 6.49. The number of carbonyl (C=O) groups is 1. The van der Waals surface area contributed by atoms with Crippen molar-refractivity contribution in [3.63, 3.8) is 0 Å². The normalized spacial score (nSPS) is 15.1. The van der Waals surface area contributed by atoms with Crippen LogP contribution in [0.5, 0.6) is 0 Å². The molecule has 1 aliphatic rings. The number of carboxylic acid groups (broad SMARTS) is 1. The molecule has 26 heavy (non-hydrogen) atoms. The lowest BCUT2D eigenvalue weighted by Crippen LogP contribution is -2.10. The van der Waals surface area contributed by atoms with Gasteiger partial charge in [-0.25, -0.2) is 4.79 Å². The third kappa shape index (κ3) is 4.55. The number of aryl methyl sites for hydroxylation is 1. The minimum atomic E-state index is -0.846. The smallest absolute Gasteiger partial charge is 0.335 e. The SMILES string of the molecule is CCCCc1ccccc1-c1cc(C(=O)O)ccc1CC1CCCCC1. The molecule has 2 heteroatoms. The molecule has 0 unspecified atom stereocenters. The van der Waals surface area contributed by atoms with Crippen molar-refractivity contribution < 1.29 is 9.90 Å². The lowest BCUT2D eigenvalue weighted by molar-refractivity contribution is 0.0697. The van der Waals surface area contributed by atoms with E-state index in [0.29, 0.717) is 5.56 Å². The van der Waals surface area contributed by atoms with E-state index < -0.39 is 5.97 Å². The molecule has 0 radical (unpaired) electrons. The second-order valence-corrected chi connectivity index (χ2v) is 7.65. The molecule has 1 fully saturated rings. The summed E-state index contributed by atoms with van der Waals surface area (Å²) in [5.41, 5.74) is 5.38. The van der Waals surface area contributed by atoms with Crippen LogP contribution in [0, 0.1) is 5.92 Å². The van der Waals surface area contributed by atoms with Gasteiger partial charge in [-0.1, -0.05) is 75.8 Å². The van der Waals surface area contributed by atoms with Crippen molar-refractivity contribution in [1.82, 2.24) is 0 Å². The zero-order valence-corrected chi connectivity index (χ0v) is 15.8. The van der Waals surface area contributed by atoms with E-state index in [0.717, 1.165) is 30.7 Å². The van der Waals surface area contributed by atoms with Gasteiger partial charge in [0.25, 0.3) is 0 Å². The second-order valence-electron chi connectivity index (χ2n) is 7.65. The van der Waals surface area contributed by atoms with Crippen LogP contribution < -0.4 is 0 Å². The predicted octanol–water partition coefficient (Wildman–Crippen LogP) is 6.52. The van der Waals surface area contributed by atoms with E-state index in [-0.39, 0.29) is 0 Å². The van der Waals surface area contributed by atoms with Gasteiger partial charge < -0.3 is 5.11 Å². The van der Waals surface area contributed by atoms with E-state index in [1.54, 1.807) is 6.07 Å². The maximum atomic E-state index is 11.5. The van der Waals surface area contributed by atoms with Crippen LogP contribution in [0.3, 0.4) is 0 Å². The number of carboxylic acids is 1. The van der Waals surface area contributed by atoms with E-state index in [2.05, 4.69) is 37.3 Å². The quantitative estimate of drug-likeness (QED) is 0.617. The predicted molar refractivity (Wildman–Crippen MR) is 108 cm³/mol. The molecule has 0 atom stereocenters. The molecule has 1 saturated carbocycles. The van der Waals surface area contributed by atoms with Crippen LogP contribution in [-0.2, 0) is 12.8 Å². The number of hydrogen-bond acceptors (Lipinski definition) is 1. The minimum Gasteiger partial charge on any atom is -0.478 e. The van der Waals surface area contributed by atoms with Gasteiger partial charge in [-0.3, -0.25) is 0 Å². The zero-order valence-electron chi connectivity index (χ0n) is 15.8. The van der Waals surface area contributed by atoms with Crippen molar-refractivity contribution in [2.45, 2.75) is 64.7 Å². The highest BCUT2D eigenvalue weighted by Crippen LogP contribution is 2.34. The lowest BCUT2D eigenvalue weighted by atomic mass is 9.82. The first-order valence-corrected chi connectivity index (χ1v) is 10.1. The monoisotopic (exact) mass is 350 g/mol. The van der Waals surface area contributed by atoms with Gasteiger partial charge in [0, 0.05) is 0 Å². The van der Waals surface area contributed by atoms with Gasteiger partial charge in [-0.05, 0) is 59.6 Å². The maximum Gasteiger partial charge on any atom is 0.335 e. The molecule has 138 valence electrons. The van der Waals surface area contributed by atoms with Crippen LogP contribution in [0.1, 0.15) is 73.4 Å². The van der Waals surface area contributed by atoms with Crippen LogP contribution in [0.25, 0.3) is 11.1 Å². The second kappa shape index (κ2) is 9.02. The summed E-state index contributed by atoms with van der Waals surface area (Å²) in [5, 5.41) is 9.48. The van der Waals surface area contributed by atoms with Gasteiger partial charge in [0.05, 0.1) is 5.56 Å². The number of rotatable bonds is 7. The Hall–Kier alpha value is -2.09. The molecule has 0 aromatic heterocycles. The van der Waals surface area contributed by atoms with E-state index in [1.165, 1.54) is 55.2 Å². The van der Waals surface area contributed by atoms with Crippen LogP contribution in [0.15, 0.2) is 42.5 Å². The Morgan fingerprint density at radius 2 is 1.77 bits per heavy atom. The molecule has 0 spiro atoms.